The second-order valence-electron chi connectivity index (χ2n) is 6.36. The molecule has 0 radical (unpaired) electrons. The van der Waals surface area contributed by atoms with Crippen LogP contribution < -0.4 is 10.5 Å². The van der Waals surface area contributed by atoms with E-state index in [0.29, 0.717) is 29.0 Å². The summed E-state index contributed by atoms with van der Waals surface area (Å²) in [6.45, 7) is -0.135. The highest BCUT2D eigenvalue weighted by Gasteiger charge is 2.22. The lowest BCUT2D eigenvalue weighted by atomic mass is 10.3. The molecule has 0 aliphatic rings. The van der Waals surface area contributed by atoms with Crippen LogP contribution in [-0.2, 0) is 26.1 Å². The minimum absolute atomic E-state index is 0.0364. The Kier molecular flexibility index (Phi) is 7.22. The first-order chi connectivity index (χ1) is 15.2. The summed E-state index contributed by atoms with van der Waals surface area (Å²) in [7, 11) is -4.13. The first kappa shape index (κ1) is 23.4. The summed E-state index contributed by atoms with van der Waals surface area (Å²) >= 11 is 1.12. The van der Waals surface area contributed by atoms with Crippen LogP contribution in [0.15, 0.2) is 40.6 Å². The van der Waals surface area contributed by atoms with Crippen molar-refractivity contribution in [2.75, 3.05) is 25.1 Å². The number of aromatic nitrogens is 4. The van der Waals surface area contributed by atoms with Crippen molar-refractivity contribution < 1.29 is 22.9 Å². The van der Waals surface area contributed by atoms with Gasteiger partial charge in [-0.15, -0.1) is 11.8 Å². The van der Waals surface area contributed by atoms with Gasteiger partial charge in [-0.3, -0.25) is 14.9 Å². The van der Waals surface area contributed by atoms with E-state index in [1.54, 1.807) is 17.2 Å². The van der Waals surface area contributed by atoms with Gasteiger partial charge in [-0.05, 0) is 24.8 Å². The zero-order chi connectivity index (χ0) is 23.3. The second kappa shape index (κ2) is 9.88. The summed E-state index contributed by atoms with van der Waals surface area (Å²) in [5.41, 5.74) is 6.42. The van der Waals surface area contributed by atoms with Gasteiger partial charge >= 0.3 is 5.97 Å². The number of rotatable bonds is 10. The maximum atomic E-state index is 12.4. The normalized spacial score (nSPS) is 11.5. The number of anilines is 1. The van der Waals surface area contributed by atoms with E-state index < -0.39 is 27.5 Å². The molecule has 1 aromatic carbocycles. The Morgan fingerprint density at radius 1 is 1.34 bits per heavy atom. The SMILES string of the molecule is CSc1ccc(S(=O)(=O)NCC(=O)OCCCn2cnc3c(N)ncnc32)cc1[N+](=O)[O-]. The van der Waals surface area contributed by atoms with Crippen LogP contribution in [-0.4, -0.2) is 58.2 Å². The first-order valence-corrected chi connectivity index (χ1v) is 11.8. The van der Waals surface area contributed by atoms with Crippen molar-refractivity contribution in [2.45, 2.75) is 22.8 Å². The number of benzene rings is 1. The number of fused-ring (bicyclic) bond motifs is 1. The lowest BCUT2D eigenvalue weighted by Gasteiger charge is -2.09. The number of nitro benzene ring substituents is 1. The molecular weight excluding hydrogens is 462 g/mol. The molecule has 3 aromatic rings. The number of hydrogen-bond donors (Lipinski definition) is 2. The maximum absolute atomic E-state index is 12.4. The lowest BCUT2D eigenvalue weighted by Crippen LogP contribution is -2.31. The predicted molar refractivity (Wildman–Crippen MR) is 115 cm³/mol. The van der Waals surface area contributed by atoms with Crippen molar-refractivity contribution >= 4 is 50.4 Å². The van der Waals surface area contributed by atoms with E-state index in [9.17, 15) is 23.3 Å². The summed E-state index contributed by atoms with van der Waals surface area (Å²) in [4.78, 5) is 34.5. The fourth-order valence-corrected chi connectivity index (χ4v) is 4.29. The van der Waals surface area contributed by atoms with Crippen molar-refractivity contribution in [3.05, 3.63) is 41.0 Å². The zero-order valence-corrected chi connectivity index (χ0v) is 18.4. The topological polar surface area (TPSA) is 185 Å². The molecule has 0 atom stereocenters. The molecule has 2 aromatic heterocycles. The summed E-state index contributed by atoms with van der Waals surface area (Å²) < 4.78 is 33.6. The van der Waals surface area contributed by atoms with Gasteiger partial charge < -0.3 is 15.0 Å². The number of aryl methyl sites for hydroxylation is 1. The van der Waals surface area contributed by atoms with Gasteiger partial charge in [-0.2, -0.15) is 4.72 Å². The standard InChI is InChI=1S/C17H19N7O6S2/c1-31-13-4-3-11(7-12(13)24(26)27)32(28,29)22-8-14(25)30-6-2-5-23-10-21-15-16(18)19-9-20-17(15)23/h3-4,7,9-10,22H,2,5-6,8H2,1H3,(H2,18,19,20). The van der Waals surface area contributed by atoms with Crippen LogP contribution in [0, 0.1) is 10.1 Å². The average Bonchev–Trinajstić information content (AvgIpc) is 3.19. The molecule has 32 heavy (non-hydrogen) atoms. The van der Waals surface area contributed by atoms with Gasteiger partial charge in [0, 0.05) is 12.6 Å². The quantitative estimate of drug-likeness (QED) is 0.138. The Balaban J connectivity index is 1.50. The van der Waals surface area contributed by atoms with Crippen LogP contribution in [0.1, 0.15) is 6.42 Å². The summed E-state index contributed by atoms with van der Waals surface area (Å²) in [5.74, 6) is -0.522. The van der Waals surface area contributed by atoms with Crippen molar-refractivity contribution in [2.24, 2.45) is 0 Å². The zero-order valence-electron chi connectivity index (χ0n) is 16.8. The largest absolute Gasteiger partial charge is 0.465 e. The molecule has 0 saturated carbocycles. The molecule has 2 heterocycles. The number of hydrogen-bond acceptors (Lipinski definition) is 11. The molecule has 15 heteroatoms. The molecule has 0 bridgehead atoms. The van der Waals surface area contributed by atoms with Crippen LogP contribution >= 0.6 is 11.8 Å². The minimum atomic E-state index is -4.13. The second-order valence-corrected chi connectivity index (χ2v) is 8.97. The molecular formula is C17H19N7O6S2. The van der Waals surface area contributed by atoms with Crippen molar-refractivity contribution in [3.63, 3.8) is 0 Å². The molecule has 13 nitrogen and oxygen atoms in total. The Bertz CT molecular complexity index is 1260. The van der Waals surface area contributed by atoms with Gasteiger partial charge in [-0.1, -0.05) is 0 Å². The molecule has 0 amide bonds. The fourth-order valence-electron chi connectivity index (χ4n) is 2.75. The number of nitrogen functional groups attached to an aromatic ring is 1. The Morgan fingerprint density at radius 2 is 2.12 bits per heavy atom. The number of nitro groups is 1. The van der Waals surface area contributed by atoms with E-state index in [2.05, 4.69) is 19.7 Å². The molecule has 0 fully saturated rings. The highest BCUT2D eigenvalue weighted by Crippen LogP contribution is 2.29. The molecule has 0 unspecified atom stereocenters. The van der Waals surface area contributed by atoms with Gasteiger partial charge in [0.25, 0.3) is 5.69 Å². The minimum Gasteiger partial charge on any atom is -0.465 e. The summed E-state index contributed by atoms with van der Waals surface area (Å²) in [5, 5.41) is 11.1. The number of carbonyl (C=O) groups is 1. The van der Waals surface area contributed by atoms with E-state index in [4.69, 9.17) is 10.5 Å². The number of esters is 1. The number of nitrogens with two attached hydrogens (primary N) is 1. The number of ether oxygens (including phenoxy) is 1. The van der Waals surface area contributed by atoms with Gasteiger partial charge in [0.05, 0.1) is 27.6 Å². The Hall–Kier alpha value is -3.30. The highest BCUT2D eigenvalue weighted by molar-refractivity contribution is 7.98. The van der Waals surface area contributed by atoms with Crippen LogP contribution in [0.5, 0.6) is 0 Å². The number of imidazole rings is 1. The smallest absolute Gasteiger partial charge is 0.321 e. The monoisotopic (exact) mass is 481 g/mol. The van der Waals surface area contributed by atoms with Crippen molar-refractivity contribution in [3.8, 4) is 0 Å². The number of carbonyl (C=O) groups excluding carboxylic acids is 1. The number of nitrogens with one attached hydrogen (secondary N) is 1. The number of sulfonamides is 1. The maximum Gasteiger partial charge on any atom is 0.321 e. The van der Waals surface area contributed by atoms with Gasteiger partial charge in [0.15, 0.2) is 11.5 Å². The molecule has 0 aliphatic carbocycles. The number of thioether (sulfide) groups is 1. The van der Waals surface area contributed by atoms with E-state index in [0.717, 1.165) is 17.8 Å². The Morgan fingerprint density at radius 3 is 2.84 bits per heavy atom. The summed E-state index contributed by atoms with van der Waals surface area (Å²) in [6.07, 6.45) is 4.94. The van der Waals surface area contributed by atoms with E-state index in [1.165, 1.54) is 18.5 Å². The third kappa shape index (κ3) is 5.30. The molecule has 0 saturated heterocycles. The molecule has 3 rings (SSSR count). The van der Waals surface area contributed by atoms with Crippen LogP contribution in [0.25, 0.3) is 11.2 Å². The van der Waals surface area contributed by atoms with E-state index >= 15 is 0 Å². The highest BCUT2D eigenvalue weighted by atomic mass is 32.2. The van der Waals surface area contributed by atoms with Crippen LogP contribution in [0.2, 0.25) is 0 Å². The fraction of sp³-hybridized carbons (Fsp3) is 0.294. The number of nitrogens with zero attached hydrogens (tertiary/aromatic N) is 5. The van der Waals surface area contributed by atoms with Gasteiger partial charge in [0.1, 0.15) is 18.4 Å². The van der Waals surface area contributed by atoms with Crippen molar-refractivity contribution in [1.82, 2.24) is 24.2 Å². The lowest BCUT2D eigenvalue weighted by molar-refractivity contribution is -0.387. The average molecular weight is 482 g/mol. The summed E-state index contributed by atoms with van der Waals surface area (Å²) in [6, 6.07) is 3.53. The Labute approximate surface area is 186 Å². The van der Waals surface area contributed by atoms with Gasteiger partial charge in [0.2, 0.25) is 10.0 Å². The first-order valence-electron chi connectivity index (χ1n) is 9.12. The van der Waals surface area contributed by atoms with Gasteiger partial charge in [-0.25, -0.2) is 23.4 Å². The molecule has 0 aliphatic heterocycles. The third-order valence-electron chi connectivity index (χ3n) is 4.30. The third-order valence-corrected chi connectivity index (χ3v) is 6.48. The van der Waals surface area contributed by atoms with Crippen LogP contribution in [0.3, 0.4) is 0 Å². The van der Waals surface area contributed by atoms with E-state index in [1.807, 2.05) is 0 Å². The molecule has 0 spiro atoms. The predicted octanol–water partition coefficient (Wildman–Crippen LogP) is 0.950. The molecule has 170 valence electrons. The van der Waals surface area contributed by atoms with E-state index in [-0.39, 0.29) is 23.0 Å². The molecule has 3 N–H and O–H groups in total. The van der Waals surface area contributed by atoms with Crippen molar-refractivity contribution in [1.29, 1.82) is 0 Å². The van der Waals surface area contributed by atoms with Crippen LogP contribution in [0.4, 0.5) is 11.5 Å².